The highest BCUT2D eigenvalue weighted by Gasteiger charge is 2.23. The van der Waals surface area contributed by atoms with E-state index >= 15 is 0 Å². The van der Waals surface area contributed by atoms with E-state index in [-0.39, 0.29) is 17.3 Å². The quantitative estimate of drug-likeness (QED) is 0.840. The minimum absolute atomic E-state index is 0. The van der Waals surface area contributed by atoms with Gasteiger partial charge in [-0.25, -0.2) is 8.42 Å². The molecule has 0 saturated heterocycles. The molecule has 0 radical (unpaired) electrons. The Kier molecular flexibility index (Phi) is 6.55. The van der Waals surface area contributed by atoms with Crippen LogP contribution in [0.4, 0.5) is 5.69 Å². The minimum atomic E-state index is -3.73. The summed E-state index contributed by atoms with van der Waals surface area (Å²) in [6.45, 7) is 3.71. The Balaban J connectivity index is 0.00000243. The normalized spacial score (nSPS) is 14.3. The van der Waals surface area contributed by atoms with Gasteiger partial charge in [-0.3, -0.25) is 4.72 Å². The zero-order chi connectivity index (χ0) is 18.0. The highest BCUT2D eigenvalue weighted by atomic mass is 35.5. The molecule has 5 nitrogen and oxygen atoms in total. The van der Waals surface area contributed by atoms with Crippen LogP contribution < -0.4 is 9.46 Å². The Morgan fingerprint density at radius 1 is 1.23 bits per heavy atom. The van der Waals surface area contributed by atoms with Crippen molar-refractivity contribution in [2.75, 3.05) is 25.4 Å². The number of likely N-dealkylation sites (N-methyl/N-ethyl adjacent to an activating group) is 1. The summed E-state index contributed by atoms with van der Waals surface area (Å²) in [5.74, 6) is 0.353. The molecule has 0 amide bonds. The van der Waals surface area contributed by atoms with Gasteiger partial charge in [0, 0.05) is 13.1 Å². The molecule has 1 N–H and O–H groups in total. The van der Waals surface area contributed by atoms with Crippen molar-refractivity contribution in [1.82, 2.24) is 4.90 Å². The number of anilines is 1. The molecule has 7 heteroatoms. The minimum Gasteiger partial charge on any atom is -0.495 e. The third-order valence-electron chi connectivity index (χ3n) is 4.63. The van der Waals surface area contributed by atoms with Gasteiger partial charge in [-0.1, -0.05) is 25.1 Å². The fraction of sp³-hybridized carbons (Fsp3) is 0.368. The Morgan fingerprint density at radius 3 is 2.69 bits per heavy atom. The molecule has 0 atom stereocenters. The first-order chi connectivity index (χ1) is 11.9. The zero-order valence-electron chi connectivity index (χ0n) is 15.3. The number of hydrogen-bond acceptors (Lipinski definition) is 4. The first kappa shape index (κ1) is 20.6. The summed E-state index contributed by atoms with van der Waals surface area (Å²) in [7, 11) is -0.204. The summed E-state index contributed by atoms with van der Waals surface area (Å²) in [4.78, 5) is 2.37. The van der Waals surface area contributed by atoms with Crippen LogP contribution in [0.25, 0.3) is 0 Å². The number of benzene rings is 2. The summed E-state index contributed by atoms with van der Waals surface area (Å²) in [5.41, 5.74) is 3.85. The molecule has 2 aromatic rings. The van der Waals surface area contributed by atoms with Crippen LogP contribution >= 0.6 is 12.4 Å². The third kappa shape index (κ3) is 4.14. The van der Waals surface area contributed by atoms with Crippen LogP contribution in [0.2, 0.25) is 0 Å². The molecule has 1 aliphatic rings. The Morgan fingerprint density at radius 2 is 2.00 bits per heavy atom. The number of ether oxygens (including phenoxy) is 1. The van der Waals surface area contributed by atoms with Crippen LogP contribution in [0.5, 0.6) is 5.75 Å². The van der Waals surface area contributed by atoms with Crippen LogP contribution in [0, 0.1) is 0 Å². The molecular formula is C19H25ClN2O3S. The van der Waals surface area contributed by atoms with Crippen LogP contribution in [-0.2, 0) is 29.4 Å². The summed E-state index contributed by atoms with van der Waals surface area (Å²) in [5, 5.41) is 0. The summed E-state index contributed by atoms with van der Waals surface area (Å²) in [6, 6.07) is 11.1. The van der Waals surface area contributed by atoms with Gasteiger partial charge in [-0.2, -0.15) is 0 Å². The monoisotopic (exact) mass is 396 g/mol. The third-order valence-corrected chi connectivity index (χ3v) is 6.02. The van der Waals surface area contributed by atoms with Crippen molar-refractivity contribution in [3.8, 4) is 5.75 Å². The van der Waals surface area contributed by atoms with Crippen LogP contribution in [0.15, 0.2) is 41.3 Å². The largest absolute Gasteiger partial charge is 0.495 e. The molecule has 0 bridgehead atoms. The highest BCUT2D eigenvalue weighted by Crippen LogP contribution is 2.31. The first-order valence-electron chi connectivity index (χ1n) is 8.43. The lowest BCUT2D eigenvalue weighted by molar-refractivity contribution is 0.313. The Labute approximate surface area is 161 Å². The second-order valence-electron chi connectivity index (χ2n) is 6.38. The molecule has 0 saturated carbocycles. The molecule has 1 aliphatic heterocycles. The maximum absolute atomic E-state index is 13.0. The van der Waals surface area contributed by atoms with E-state index in [0.29, 0.717) is 11.4 Å². The van der Waals surface area contributed by atoms with Crippen molar-refractivity contribution in [2.45, 2.75) is 31.2 Å². The molecule has 0 fully saturated rings. The van der Waals surface area contributed by atoms with Crippen molar-refractivity contribution >= 4 is 28.1 Å². The van der Waals surface area contributed by atoms with E-state index < -0.39 is 10.0 Å². The fourth-order valence-electron chi connectivity index (χ4n) is 3.16. The number of nitrogens with zero attached hydrogens (tertiary/aromatic N) is 1. The van der Waals surface area contributed by atoms with Gasteiger partial charge in [0.15, 0.2) is 0 Å². The van der Waals surface area contributed by atoms with E-state index in [1.165, 1.54) is 12.7 Å². The average Bonchev–Trinajstić information content (AvgIpc) is 2.61. The van der Waals surface area contributed by atoms with Gasteiger partial charge in [0.25, 0.3) is 10.0 Å². The van der Waals surface area contributed by atoms with Gasteiger partial charge in [0.1, 0.15) is 10.6 Å². The molecule has 0 aromatic heterocycles. The van der Waals surface area contributed by atoms with Gasteiger partial charge in [0.05, 0.1) is 12.8 Å². The maximum atomic E-state index is 13.0. The number of rotatable bonds is 5. The molecule has 1 heterocycles. The second-order valence-corrected chi connectivity index (χ2v) is 8.03. The lowest BCUT2D eigenvalue weighted by Gasteiger charge is -2.27. The van der Waals surface area contributed by atoms with Crippen molar-refractivity contribution in [3.63, 3.8) is 0 Å². The predicted octanol–water partition coefficient (Wildman–Crippen LogP) is 3.47. The number of methoxy groups -OCH3 is 1. The van der Waals surface area contributed by atoms with E-state index in [9.17, 15) is 8.42 Å². The van der Waals surface area contributed by atoms with Crippen molar-refractivity contribution in [3.05, 3.63) is 53.1 Å². The van der Waals surface area contributed by atoms with Crippen molar-refractivity contribution < 1.29 is 13.2 Å². The first-order valence-corrected chi connectivity index (χ1v) is 9.92. The predicted molar refractivity (Wildman–Crippen MR) is 107 cm³/mol. The SMILES string of the molecule is CCc1ccc(OC)c(S(=O)(=O)Nc2cccc3c2CN(C)CC3)c1.Cl. The van der Waals surface area contributed by atoms with E-state index in [4.69, 9.17) is 4.74 Å². The number of aryl methyl sites for hydroxylation is 1. The highest BCUT2D eigenvalue weighted by molar-refractivity contribution is 7.92. The Hall–Kier alpha value is -1.76. The van der Waals surface area contributed by atoms with Gasteiger partial charge < -0.3 is 9.64 Å². The number of halogens is 1. The standard InChI is InChI=1S/C19H24N2O3S.ClH/c1-4-14-8-9-18(24-3)19(12-14)25(22,23)20-17-7-5-6-15-10-11-21(2)13-16(15)17;/h5-9,12,20H,4,10-11,13H2,1-3H3;1H. The summed E-state index contributed by atoms with van der Waals surface area (Å²) in [6.07, 6.45) is 1.69. The Bertz CT molecular complexity index is 884. The molecule has 142 valence electrons. The topological polar surface area (TPSA) is 58.6 Å². The maximum Gasteiger partial charge on any atom is 0.265 e. The van der Waals surface area contributed by atoms with Crippen molar-refractivity contribution in [1.29, 1.82) is 0 Å². The smallest absolute Gasteiger partial charge is 0.265 e. The molecule has 0 unspecified atom stereocenters. The molecule has 3 rings (SSSR count). The molecular weight excluding hydrogens is 372 g/mol. The van der Waals surface area contributed by atoms with E-state index in [1.807, 2.05) is 32.2 Å². The molecule has 0 spiro atoms. The lowest BCUT2D eigenvalue weighted by Crippen LogP contribution is -2.28. The van der Waals surface area contributed by atoms with E-state index in [1.54, 1.807) is 12.1 Å². The number of nitrogens with one attached hydrogen (secondary N) is 1. The zero-order valence-corrected chi connectivity index (χ0v) is 16.9. The second kappa shape index (κ2) is 8.29. The average molecular weight is 397 g/mol. The molecule has 26 heavy (non-hydrogen) atoms. The summed E-state index contributed by atoms with van der Waals surface area (Å²) >= 11 is 0. The van der Waals surface area contributed by atoms with Gasteiger partial charge >= 0.3 is 0 Å². The summed E-state index contributed by atoms with van der Waals surface area (Å²) < 4.78 is 34.1. The van der Waals surface area contributed by atoms with Crippen LogP contribution in [-0.4, -0.2) is 34.0 Å². The fourth-order valence-corrected chi connectivity index (χ4v) is 4.48. The lowest BCUT2D eigenvalue weighted by atomic mass is 9.99. The number of fused-ring (bicyclic) bond motifs is 1. The molecule has 2 aromatic carbocycles. The van der Waals surface area contributed by atoms with E-state index in [2.05, 4.69) is 15.7 Å². The van der Waals surface area contributed by atoms with Crippen LogP contribution in [0.3, 0.4) is 0 Å². The van der Waals surface area contributed by atoms with Gasteiger partial charge in [-0.15, -0.1) is 12.4 Å². The number of sulfonamides is 1. The van der Waals surface area contributed by atoms with Gasteiger partial charge in [-0.05, 0) is 54.8 Å². The van der Waals surface area contributed by atoms with Gasteiger partial charge in [0.2, 0.25) is 0 Å². The van der Waals surface area contributed by atoms with Crippen LogP contribution in [0.1, 0.15) is 23.6 Å². The van der Waals surface area contributed by atoms with E-state index in [0.717, 1.165) is 37.1 Å². The number of hydrogen-bond donors (Lipinski definition) is 1. The van der Waals surface area contributed by atoms with Crippen molar-refractivity contribution in [2.24, 2.45) is 0 Å². The molecule has 0 aliphatic carbocycles.